The Morgan fingerprint density at radius 1 is 1.08 bits per heavy atom. The fourth-order valence-corrected chi connectivity index (χ4v) is 1.20. The molecule has 76 valence electrons. The van der Waals surface area contributed by atoms with Crippen LogP contribution < -0.4 is 11.5 Å². The van der Waals surface area contributed by atoms with Crippen molar-refractivity contribution in [3.05, 3.63) is 0 Å². The van der Waals surface area contributed by atoms with E-state index in [0.717, 1.165) is 6.42 Å². The Morgan fingerprint density at radius 3 is 1.75 bits per heavy atom. The van der Waals surface area contributed by atoms with Gasteiger partial charge in [-0.25, -0.2) is 0 Å². The molecule has 1 rings (SSSR count). The van der Waals surface area contributed by atoms with Crippen molar-refractivity contribution >= 4 is 0 Å². The Kier molecular flexibility index (Phi) is 6.32. The van der Waals surface area contributed by atoms with Gasteiger partial charge in [0.15, 0.2) is 6.29 Å². The first-order chi connectivity index (χ1) is 5.31. The first-order valence-electron chi connectivity index (χ1n) is 4.02. The number of ether oxygens (including phenoxy) is 2. The van der Waals surface area contributed by atoms with E-state index in [-0.39, 0.29) is 39.6 Å². The topological polar surface area (TPSA) is 70.5 Å². The van der Waals surface area contributed by atoms with Crippen LogP contribution >= 0.6 is 0 Å². The molecule has 4 N–H and O–H groups in total. The van der Waals surface area contributed by atoms with Crippen molar-refractivity contribution in [2.24, 2.45) is 11.5 Å². The summed E-state index contributed by atoms with van der Waals surface area (Å²) in [6.45, 7) is 2.98. The van der Waals surface area contributed by atoms with E-state index in [2.05, 4.69) is 0 Å². The van der Waals surface area contributed by atoms with Gasteiger partial charge in [0.05, 0.1) is 0 Å². The summed E-state index contributed by atoms with van der Waals surface area (Å²) in [6, 6.07) is 0. The van der Waals surface area contributed by atoms with Crippen LogP contribution in [0.15, 0.2) is 0 Å². The first-order valence-corrected chi connectivity index (χ1v) is 4.02. The van der Waals surface area contributed by atoms with E-state index in [1.54, 1.807) is 0 Å². The fraction of sp³-hybridized carbons (Fsp3) is 1.00. The fourth-order valence-electron chi connectivity index (χ4n) is 1.20. The van der Waals surface area contributed by atoms with Crippen molar-refractivity contribution in [3.8, 4) is 0 Å². The Balaban J connectivity index is 0.00000121. The predicted molar refractivity (Wildman–Crippen MR) is 41.9 cm³/mol. The van der Waals surface area contributed by atoms with Crippen LogP contribution in [0.4, 0.5) is 0 Å². The molecule has 1 saturated heterocycles. The van der Waals surface area contributed by atoms with Gasteiger partial charge in [0.25, 0.3) is 0 Å². The van der Waals surface area contributed by atoms with Crippen molar-refractivity contribution in [2.75, 3.05) is 13.1 Å². The summed E-state index contributed by atoms with van der Waals surface area (Å²) < 4.78 is 10.9. The minimum atomic E-state index is -0.0999. The van der Waals surface area contributed by atoms with Crippen LogP contribution in [0.2, 0.25) is 0 Å². The molecule has 12 heavy (non-hydrogen) atoms. The molecule has 0 spiro atoms. The molecule has 1 fully saturated rings. The molecular formula is C7H16N2O2Pt. The van der Waals surface area contributed by atoms with Gasteiger partial charge in [0, 0.05) is 34.2 Å². The van der Waals surface area contributed by atoms with E-state index >= 15 is 0 Å². The maximum Gasteiger partial charge on any atom is 0.158 e. The molecule has 1 heterocycles. The van der Waals surface area contributed by atoms with Crippen molar-refractivity contribution in [2.45, 2.75) is 31.8 Å². The molecule has 1 aliphatic rings. The van der Waals surface area contributed by atoms with Crippen molar-refractivity contribution in [3.63, 3.8) is 0 Å². The van der Waals surface area contributed by atoms with Gasteiger partial charge >= 0.3 is 0 Å². The van der Waals surface area contributed by atoms with Gasteiger partial charge in [-0.3, -0.25) is 0 Å². The van der Waals surface area contributed by atoms with Crippen LogP contribution in [0.3, 0.4) is 0 Å². The Morgan fingerprint density at radius 2 is 1.50 bits per heavy atom. The number of hydrogen-bond donors (Lipinski definition) is 2. The molecule has 2 atom stereocenters. The summed E-state index contributed by atoms with van der Waals surface area (Å²) in [4.78, 5) is 0. The van der Waals surface area contributed by atoms with Crippen molar-refractivity contribution < 1.29 is 30.5 Å². The molecule has 4 nitrogen and oxygen atoms in total. The number of rotatable bonds is 3. The third-order valence-corrected chi connectivity index (χ3v) is 1.87. The van der Waals surface area contributed by atoms with Gasteiger partial charge in [-0.05, 0) is 6.42 Å². The van der Waals surface area contributed by atoms with Crippen molar-refractivity contribution in [1.29, 1.82) is 0 Å². The molecule has 1 aliphatic heterocycles. The van der Waals surface area contributed by atoms with E-state index < -0.39 is 0 Å². The molecule has 0 aromatic heterocycles. The second-order valence-electron chi connectivity index (χ2n) is 2.66. The predicted octanol–water partition coefficient (Wildman–Crippen LogP) is -0.579. The van der Waals surface area contributed by atoms with E-state index in [1.807, 2.05) is 6.92 Å². The SMILES string of the molecule is CCC1O[C@H](CN)[C@@H](CN)O1.[Pt]. The van der Waals surface area contributed by atoms with Gasteiger partial charge in [-0.2, -0.15) is 0 Å². The molecule has 5 heteroatoms. The monoisotopic (exact) mass is 355 g/mol. The standard InChI is InChI=1S/C7H16N2O2.Pt/c1-2-7-10-5(3-8)6(4-9)11-7;/h5-7H,2-4,8-9H2,1H3;/t5-,6-;/m1./s1. The minimum Gasteiger partial charge on any atom is -0.345 e. The molecule has 0 radical (unpaired) electrons. The Bertz CT molecular complexity index is 114. The van der Waals surface area contributed by atoms with Crippen molar-refractivity contribution in [1.82, 2.24) is 0 Å². The maximum atomic E-state index is 5.46. The van der Waals surface area contributed by atoms with Crippen LogP contribution in [0.25, 0.3) is 0 Å². The summed E-state index contributed by atoms with van der Waals surface area (Å²) in [5, 5.41) is 0. The van der Waals surface area contributed by atoms with Crippen LogP contribution in [-0.4, -0.2) is 31.6 Å². The van der Waals surface area contributed by atoms with Crippen LogP contribution in [0, 0.1) is 0 Å². The largest absolute Gasteiger partial charge is 0.345 e. The summed E-state index contributed by atoms with van der Waals surface area (Å²) in [6.07, 6.45) is 0.736. The molecule has 0 unspecified atom stereocenters. The summed E-state index contributed by atoms with van der Waals surface area (Å²) >= 11 is 0. The smallest absolute Gasteiger partial charge is 0.158 e. The number of hydrogen-bond acceptors (Lipinski definition) is 4. The molecule has 0 saturated carbocycles. The zero-order valence-corrected chi connectivity index (χ0v) is 9.41. The van der Waals surface area contributed by atoms with Crippen LogP contribution in [0.5, 0.6) is 0 Å². The van der Waals surface area contributed by atoms with Crippen LogP contribution in [-0.2, 0) is 30.5 Å². The average molecular weight is 355 g/mol. The summed E-state index contributed by atoms with van der Waals surface area (Å²) in [7, 11) is 0. The number of nitrogens with two attached hydrogens (primary N) is 2. The normalized spacial score (nSPS) is 30.2. The Hall–Kier alpha value is 0.528. The second-order valence-corrected chi connectivity index (χ2v) is 2.66. The molecule has 0 aromatic rings. The summed E-state index contributed by atoms with van der Waals surface area (Å²) in [5.74, 6) is 0. The zero-order valence-electron chi connectivity index (χ0n) is 7.14. The Labute approximate surface area is 87.2 Å². The van der Waals surface area contributed by atoms with Crippen LogP contribution in [0.1, 0.15) is 13.3 Å². The first kappa shape index (κ1) is 12.5. The third kappa shape index (κ3) is 2.78. The average Bonchev–Trinajstić information content (AvgIpc) is 2.46. The van der Waals surface area contributed by atoms with E-state index in [9.17, 15) is 0 Å². The maximum absolute atomic E-state index is 5.46. The van der Waals surface area contributed by atoms with Gasteiger partial charge in [0.1, 0.15) is 12.2 Å². The minimum absolute atomic E-state index is 0. The summed E-state index contributed by atoms with van der Waals surface area (Å²) in [5.41, 5.74) is 10.9. The van der Waals surface area contributed by atoms with E-state index in [4.69, 9.17) is 20.9 Å². The van der Waals surface area contributed by atoms with Gasteiger partial charge in [-0.15, -0.1) is 0 Å². The molecular weight excluding hydrogens is 339 g/mol. The second kappa shape index (κ2) is 6.05. The zero-order chi connectivity index (χ0) is 8.27. The van der Waals surface area contributed by atoms with Gasteiger partial charge < -0.3 is 20.9 Å². The van der Waals surface area contributed by atoms with E-state index in [1.165, 1.54) is 0 Å². The van der Waals surface area contributed by atoms with Gasteiger partial charge in [-0.1, -0.05) is 6.92 Å². The van der Waals surface area contributed by atoms with E-state index in [0.29, 0.717) is 13.1 Å². The molecule has 0 aliphatic carbocycles. The molecule has 0 amide bonds. The van der Waals surface area contributed by atoms with Gasteiger partial charge in [0.2, 0.25) is 0 Å². The quantitative estimate of drug-likeness (QED) is 0.711. The molecule has 0 aromatic carbocycles. The molecule has 0 bridgehead atoms. The third-order valence-electron chi connectivity index (χ3n) is 1.87.